The molecule has 5 heteroatoms. The molecule has 0 aromatic carbocycles. The van der Waals surface area contributed by atoms with Crippen LogP contribution in [0.1, 0.15) is 43.9 Å². The summed E-state index contributed by atoms with van der Waals surface area (Å²) in [6, 6.07) is 0. The average Bonchev–Trinajstić information content (AvgIpc) is 2.67. The smallest absolute Gasteiger partial charge is 0.222 e. The van der Waals surface area contributed by atoms with Gasteiger partial charge in [-0.25, -0.2) is 9.97 Å². The van der Waals surface area contributed by atoms with Crippen molar-refractivity contribution in [2.24, 2.45) is 0 Å². The van der Waals surface area contributed by atoms with E-state index in [-0.39, 0.29) is 0 Å². The molecule has 1 N–H and O–H groups in total. The lowest BCUT2D eigenvalue weighted by Crippen LogP contribution is -2.24. The van der Waals surface area contributed by atoms with Crippen LogP contribution in [0.15, 0.2) is 6.20 Å². The Hall–Kier alpha value is -1.16. The van der Waals surface area contributed by atoms with Crippen molar-refractivity contribution >= 4 is 17.4 Å². The SMILES string of the molecule is CC(C)c1nc(Cl)ncc1CN1CCCC1=N. The minimum atomic E-state index is 0.300. The fourth-order valence-electron chi connectivity index (χ4n) is 2.13. The number of rotatable bonds is 3. The van der Waals surface area contributed by atoms with Gasteiger partial charge in [0.25, 0.3) is 0 Å². The zero-order chi connectivity index (χ0) is 12.4. The largest absolute Gasteiger partial charge is 0.356 e. The van der Waals surface area contributed by atoms with Gasteiger partial charge in [-0.1, -0.05) is 13.8 Å². The van der Waals surface area contributed by atoms with E-state index in [2.05, 4.69) is 28.7 Å². The zero-order valence-corrected chi connectivity index (χ0v) is 11.0. The summed E-state index contributed by atoms with van der Waals surface area (Å²) in [6.45, 7) is 5.87. The summed E-state index contributed by atoms with van der Waals surface area (Å²) in [5.74, 6) is 1.04. The minimum Gasteiger partial charge on any atom is -0.356 e. The van der Waals surface area contributed by atoms with Gasteiger partial charge >= 0.3 is 0 Å². The number of nitrogens with one attached hydrogen (secondary N) is 1. The summed E-state index contributed by atoms with van der Waals surface area (Å²) in [7, 11) is 0. The molecule has 1 aromatic rings. The number of hydrogen-bond acceptors (Lipinski definition) is 3. The maximum atomic E-state index is 7.83. The predicted molar refractivity (Wildman–Crippen MR) is 68.5 cm³/mol. The fourth-order valence-corrected chi connectivity index (χ4v) is 2.27. The number of halogens is 1. The molecule has 0 aliphatic carbocycles. The molecule has 1 aliphatic heterocycles. The number of likely N-dealkylation sites (tertiary alicyclic amines) is 1. The predicted octanol–water partition coefficient (Wildman–Crippen LogP) is 2.83. The van der Waals surface area contributed by atoms with Gasteiger partial charge in [-0.3, -0.25) is 5.41 Å². The number of aromatic nitrogens is 2. The van der Waals surface area contributed by atoms with Gasteiger partial charge in [0, 0.05) is 31.3 Å². The van der Waals surface area contributed by atoms with E-state index in [0.717, 1.165) is 43.0 Å². The highest BCUT2D eigenvalue weighted by Crippen LogP contribution is 2.21. The van der Waals surface area contributed by atoms with Gasteiger partial charge < -0.3 is 4.90 Å². The first-order valence-electron chi connectivity index (χ1n) is 5.91. The van der Waals surface area contributed by atoms with Gasteiger partial charge in [-0.15, -0.1) is 0 Å². The molecular formula is C12H17ClN4. The normalized spacial score (nSPS) is 16.0. The summed E-state index contributed by atoms with van der Waals surface area (Å²) in [5.41, 5.74) is 2.07. The maximum absolute atomic E-state index is 7.83. The highest BCUT2D eigenvalue weighted by atomic mass is 35.5. The fraction of sp³-hybridized carbons (Fsp3) is 0.583. The number of hydrogen-bond donors (Lipinski definition) is 1. The molecule has 0 saturated carbocycles. The van der Waals surface area contributed by atoms with Gasteiger partial charge in [0.15, 0.2) is 0 Å². The van der Waals surface area contributed by atoms with Gasteiger partial charge in [-0.05, 0) is 23.9 Å². The van der Waals surface area contributed by atoms with E-state index in [1.165, 1.54) is 0 Å². The van der Waals surface area contributed by atoms with Crippen molar-refractivity contribution in [1.29, 1.82) is 5.41 Å². The molecule has 0 bridgehead atoms. The van der Waals surface area contributed by atoms with Crippen LogP contribution in [0.3, 0.4) is 0 Å². The zero-order valence-electron chi connectivity index (χ0n) is 10.2. The van der Waals surface area contributed by atoms with Crippen molar-refractivity contribution in [2.75, 3.05) is 6.54 Å². The second kappa shape index (κ2) is 5.00. The maximum Gasteiger partial charge on any atom is 0.222 e. The van der Waals surface area contributed by atoms with Crippen LogP contribution in [0.4, 0.5) is 0 Å². The first-order valence-corrected chi connectivity index (χ1v) is 6.29. The Labute approximate surface area is 107 Å². The van der Waals surface area contributed by atoms with E-state index >= 15 is 0 Å². The standard InChI is InChI=1S/C12H17ClN4/c1-8(2)11-9(6-15-12(13)16-11)7-17-5-3-4-10(17)14/h6,8,14H,3-5,7H2,1-2H3. The van der Waals surface area contributed by atoms with Gasteiger partial charge in [0.05, 0.1) is 11.5 Å². The van der Waals surface area contributed by atoms with Gasteiger partial charge in [0.2, 0.25) is 5.28 Å². The Morgan fingerprint density at radius 1 is 1.53 bits per heavy atom. The van der Waals surface area contributed by atoms with Crippen molar-refractivity contribution < 1.29 is 0 Å². The summed E-state index contributed by atoms with van der Waals surface area (Å²) in [6.07, 6.45) is 3.74. The Morgan fingerprint density at radius 2 is 2.29 bits per heavy atom. The quantitative estimate of drug-likeness (QED) is 0.842. The summed E-state index contributed by atoms with van der Waals surface area (Å²) in [5, 5.41) is 8.13. The van der Waals surface area contributed by atoms with Crippen molar-refractivity contribution in [3.05, 3.63) is 22.7 Å². The summed E-state index contributed by atoms with van der Waals surface area (Å²) in [4.78, 5) is 10.4. The van der Waals surface area contributed by atoms with Crippen LogP contribution >= 0.6 is 11.6 Å². The van der Waals surface area contributed by atoms with Crippen LogP contribution < -0.4 is 0 Å². The molecule has 0 spiro atoms. The minimum absolute atomic E-state index is 0.300. The van der Waals surface area contributed by atoms with Gasteiger partial charge in [-0.2, -0.15) is 0 Å². The third-order valence-electron chi connectivity index (χ3n) is 3.00. The summed E-state index contributed by atoms with van der Waals surface area (Å²) >= 11 is 5.83. The lowest BCUT2D eigenvalue weighted by atomic mass is 10.1. The van der Waals surface area contributed by atoms with Crippen LogP contribution in [-0.4, -0.2) is 27.2 Å². The highest BCUT2D eigenvalue weighted by molar-refractivity contribution is 6.28. The molecule has 0 radical (unpaired) electrons. The summed E-state index contributed by atoms with van der Waals surface area (Å²) < 4.78 is 0. The Bertz CT molecular complexity index is 431. The van der Waals surface area contributed by atoms with E-state index < -0.39 is 0 Å². The highest BCUT2D eigenvalue weighted by Gasteiger charge is 2.19. The molecule has 0 amide bonds. The molecule has 1 aromatic heterocycles. The lowest BCUT2D eigenvalue weighted by molar-refractivity contribution is 0.441. The lowest BCUT2D eigenvalue weighted by Gasteiger charge is -2.20. The van der Waals surface area contributed by atoms with E-state index in [4.69, 9.17) is 17.0 Å². The average molecular weight is 253 g/mol. The Balaban J connectivity index is 2.22. The van der Waals surface area contributed by atoms with Crippen molar-refractivity contribution in [2.45, 2.75) is 39.2 Å². The third kappa shape index (κ3) is 2.75. The molecule has 0 unspecified atom stereocenters. The van der Waals surface area contributed by atoms with Crippen LogP contribution in [-0.2, 0) is 6.54 Å². The molecule has 4 nitrogen and oxygen atoms in total. The van der Waals surface area contributed by atoms with Crippen LogP contribution in [0.25, 0.3) is 0 Å². The molecule has 17 heavy (non-hydrogen) atoms. The third-order valence-corrected chi connectivity index (χ3v) is 3.18. The van der Waals surface area contributed by atoms with E-state index in [1.807, 2.05) is 0 Å². The number of amidine groups is 1. The topological polar surface area (TPSA) is 52.9 Å². The molecule has 1 aliphatic rings. The van der Waals surface area contributed by atoms with E-state index in [0.29, 0.717) is 11.2 Å². The number of nitrogens with zero attached hydrogens (tertiary/aromatic N) is 3. The first-order chi connectivity index (χ1) is 8.08. The van der Waals surface area contributed by atoms with E-state index in [1.54, 1.807) is 6.20 Å². The first kappa shape index (κ1) is 12.3. The molecular weight excluding hydrogens is 236 g/mol. The van der Waals surface area contributed by atoms with Crippen molar-refractivity contribution in [3.8, 4) is 0 Å². The van der Waals surface area contributed by atoms with Crippen LogP contribution in [0.2, 0.25) is 5.28 Å². The molecule has 2 rings (SSSR count). The molecule has 1 saturated heterocycles. The van der Waals surface area contributed by atoms with Crippen molar-refractivity contribution in [3.63, 3.8) is 0 Å². The molecule has 92 valence electrons. The Morgan fingerprint density at radius 3 is 2.88 bits per heavy atom. The van der Waals surface area contributed by atoms with Crippen molar-refractivity contribution in [1.82, 2.24) is 14.9 Å². The van der Waals surface area contributed by atoms with Gasteiger partial charge in [0.1, 0.15) is 0 Å². The second-order valence-corrected chi connectivity index (χ2v) is 5.01. The second-order valence-electron chi connectivity index (χ2n) is 4.68. The molecule has 2 heterocycles. The molecule has 1 fully saturated rings. The van der Waals surface area contributed by atoms with Crippen LogP contribution in [0.5, 0.6) is 0 Å². The molecule has 0 atom stereocenters. The monoisotopic (exact) mass is 252 g/mol. The Kier molecular flexibility index (Phi) is 3.62. The van der Waals surface area contributed by atoms with E-state index in [9.17, 15) is 0 Å². The van der Waals surface area contributed by atoms with Crippen LogP contribution in [0, 0.1) is 5.41 Å².